The van der Waals surface area contributed by atoms with E-state index in [1.165, 1.54) is 29.9 Å². The van der Waals surface area contributed by atoms with E-state index in [-0.39, 0.29) is 0 Å². The van der Waals surface area contributed by atoms with Crippen LogP contribution in [0.15, 0.2) is 17.5 Å². The molecule has 3 heteroatoms. The first-order valence-electron chi connectivity index (χ1n) is 6.07. The van der Waals surface area contributed by atoms with E-state index >= 15 is 0 Å². The van der Waals surface area contributed by atoms with Crippen LogP contribution in [0, 0.1) is 0 Å². The molecule has 0 fully saturated rings. The summed E-state index contributed by atoms with van der Waals surface area (Å²) < 4.78 is 0. The maximum absolute atomic E-state index is 3.78. The van der Waals surface area contributed by atoms with Gasteiger partial charge in [-0.25, -0.2) is 0 Å². The van der Waals surface area contributed by atoms with E-state index in [0.717, 1.165) is 0 Å². The molecule has 0 bridgehead atoms. The smallest absolute Gasteiger partial charge is 0.0158 e. The number of thioether (sulfide) groups is 1. The Morgan fingerprint density at radius 1 is 1.31 bits per heavy atom. The van der Waals surface area contributed by atoms with E-state index in [9.17, 15) is 0 Å². The van der Waals surface area contributed by atoms with E-state index in [1.807, 2.05) is 23.1 Å². The lowest BCUT2D eigenvalue weighted by Crippen LogP contribution is -2.40. The molecule has 0 spiro atoms. The predicted molar refractivity (Wildman–Crippen MR) is 77.7 cm³/mol. The van der Waals surface area contributed by atoms with Crippen molar-refractivity contribution in [3.63, 3.8) is 0 Å². The second-order valence-corrected chi connectivity index (χ2v) is 6.06. The van der Waals surface area contributed by atoms with Crippen molar-refractivity contribution in [1.82, 2.24) is 5.32 Å². The van der Waals surface area contributed by atoms with Crippen molar-refractivity contribution in [3.05, 3.63) is 22.4 Å². The van der Waals surface area contributed by atoms with E-state index in [0.29, 0.717) is 12.1 Å². The minimum Gasteiger partial charge on any atom is -0.310 e. The van der Waals surface area contributed by atoms with Crippen LogP contribution in [-0.4, -0.2) is 24.1 Å². The lowest BCUT2D eigenvalue weighted by Gasteiger charge is -2.23. The fourth-order valence-corrected chi connectivity index (χ4v) is 3.33. The Morgan fingerprint density at radius 3 is 2.56 bits per heavy atom. The van der Waals surface area contributed by atoms with E-state index in [2.05, 4.69) is 42.9 Å². The summed E-state index contributed by atoms with van der Waals surface area (Å²) in [6.45, 7) is 4.54. The number of hydrogen-bond donors (Lipinski definition) is 1. The van der Waals surface area contributed by atoms with Crippen LogP contribution < -0.4 is 5.32 Å². The van der Waals surface area contributed by atoms with Gasteiger partial charge in [0, 0.05) is 22.7 Å². The van der Waals surface area contributed by atoms with E-state index in [4.69, 9.17) is 0 Å². The van der Waals surface area contributed by atoms with Gasteiger partial charge in [0.2, 0.25) is 0 Å². The van der Waals surface area contributed by atoms with Gasteiger partial charge in [0.15, 0.2) is 0 Å². The van der Waals surface area contributed by atoms with Crippen molar-refractivity contribution in [2.24, 2.45) is 0 Å². The fraction of sp³-hybridized carbons (Fsp3) is 0.692. The molecular formula is C13H23NS2. The summed E-state index contributed by atoms with van der Waals surface area (Å²) in [7, 11) is 0. The first-order valence-corrected chi connectivity index (χ1v) is 8.34. The molecule has 2 atom stereocenters. The molecule has 0 aliphatic heterocycles. The van der Waals surface area contributed by atoms with Crippen LogP contribution in [0.5, 0.6) is 0 Å². The van der Waals surface area contributed by atoms with Gasteiger partial charge in [-0.15, -0.1) is 11.3 Å². The Morgan fingerprint density at radius 2 is 2.06 bits per heavy atom. The van der Waals surface area contributed by atoms with Crippen LogP contribution in [-0.2, 0) is 6.42 Å². The van der Waals surface area contributed by atoms with Crippen molar-refractivity contribution >= 4 is 23.1 Å². The Labute approximate surface area is 108 Å². The topological polar surface area (TPSA) is 12.0 Å². The minimum atomic E-state index is 0.635. The number of nitrogens with one attached hydrogen (secondary N) is 1. The highest BCUT2D eigenvalue weighted by Gasteiger charge is 2.13. The molecule has 1 aromatic heterocycles. The quantitative estimate of drug-likeness (QED) is 0.760. The third-order valence-corrected chi connectivity index (χ3v) is 4.49. The summed E-state index contributed by atoms with van der Waals surface area (Å²) in [5.74, 6) is 1.22. The van der Waals surface area contributed by atoms with Gasteiger partial charge in [0.25, 0.3) is 0 Å². The highest BCUT2D eigenvalue weighted by molar-refractivity contribution is 7.98. The molecule has 16 heavy (non-hydrogen) atoms. The molecule has 0 saturated carbocycles. The maximum atomic E-state index is 3.78. The van der Waals surface area contributed by atoms with Gasteiger partial charge in [-0.3, -0.25) is 0 Å². The zero-order valence-electron chi connectivity index (χ0n) is 10.5. The van der Waals surface area contributed by atoms with Gasteiger partial charge < -0.3 is 5.32 Å². The molecule has 92 valence electrons. The molecule has 1 N–H and O–H groups in total. The lowest BCUT2D eigenvalue weighted by molar-refractivity contribution is 0.429. The summed E-state index contributed by atoms with van der Waals surface area (Å²) in [5.41, 5.74) is 0. The molecule has 0 aromatic carbocycles. The first kappa shape index (κ1) is 14.1. The van der Waals surface area contributed by atoms with Crippen LogP contribution in [0.25, 0.3) is 0 Å². The van der Waals surface area contributed by atoms with Crippen molar-refractivity contribution in [2.45, 2.75) is 45.2 Å². The monoisotopic (exact) mass is 257 g/mol. The molecular weight excluding hydrogens is 234 g/mol. The molecule has 1 nitrogen and oxygen atoms in total. The summed E-state index contributed by atoms with van der Waals surface area (Å²) >= 11 is 3.80. The van der Waals surface area contributed by atoms with Crippen molar-refractivity contribution in [3.8, 4) is 0 Å². The first-order chi connectivity index (χ1) is 7.80. The second kappa shape index (κ2) is 8.15. The van der Waals surface area contributed by atoms with E-state index < -0.39 is 0 Å². The van der Waals surface area contributed by atoms with Crippen molar-refractivity contribution in [1.29, 1.82) is 0 Å². The molecule has 0 aliphatic carbocycles. The van der Waals surface area contributed by atoms with Gasteiger partial charge in [0.1, 0.15) is 0 Å². The number of rotatable bonds is 8. The molecule has 2 unspecified atom stereocenters. The van der Waals surface area contributed by atoms with Crippen LogP contribution in [0.4, 0.5) is 0 Å². The average Bonchev–Trinajstić information content (AvgIpc) is 2.80. The Balaban J connectivity index is 2.41. The lowest BCUT2D eigenvalue weighted by atomic mass is 10.1. The molecule has 0 amide bonds. The summed E-state index contributed by atoms with van der Waals surface area (Å²) in [6, 6.07) is 5.69. The van der Waals surface area contributed by atoms with Crippen LogP contribution >= 0.6 is 23.1 Å². The Bertz CT molecular complexity index is 259. The normalized spacial score (nSPS) is 14.9. The molecule has 1 heterocycles. The summed E-state index contributed by atoms with van der Waals surface area (Å²) in [4.78, 5) is 1.50. The average molecular weight is 257 g/mol. The Hall–Kier alpha value is 0.01000. The standard InChI is InChI=1S/C13H23NS2/c1-4-11(9-13-7-6-8-16-13)14-12(5-2)10-15-3/h6-8,11-12,14H,4-5,9-10H2,1-3H3. The minimum absolute atomic E-state index is 0.635. The SMILES string of the molecule is CCC(CSC)NC(CC)Cc1cccs1. The zero-order chi connectivity index (χ0) is 11.8. The van der Waals surface area contributed by atoms with Gasteiger partial charge >= 0.3 is 0 Å². The summed E-state index contributed by atoms with van der Waals surface area (Å²) in [5, 5.41) is 5.95. The summed E-state index contributed by atoms with van der Waals surface area (Å²) in [6.07, 6.45) is 5.80. The zero-order valence-corrected chi connectivity index (χ0v) is 12.2. The number of hydrogen-bond acceptors (Lipinski definition) is 3. The molecule has 0 aliphatic rings. The van der Waals surface area contributed by atoms with Crippen LogP contribution in [0.3, 0.4) is 0 Å². The molecule has 1 rings (SSSR count). The third kappa shape index (κ3) is 4.89. The van der Waals surface area contributed by atoms with Crippen molar-refractivity contribution < 1.29 is 0 Å². The molecule has 0 saturated heterocycles. The van der Waals surface area contributed by atoms with Gasteiger partial charge in [-0.2, -0.15) is 11.8 Å². The maximum Gasteiger partial charge on any atom is 0.0158 e. The van der Waals surface area contributed by atoms with Crippen LogP contribution in [0.2, 0.25) is 0 Å². The highest BCUT2D eigenvalue weighted by atomic mass is 32.2. The largest absolute Gasteiger partial charge is 0.310 e. The molecule has 1 aromatic rings. The number of thiophene rings is 1. The highest BCUT2D eigenvalue weighted by Crippen LogP contribution is 2.14. The predicted octanol–water partition coefficient (Wildman–Crippen LogP) is 3.80. The fourth-order valence-electron chi connectivity index (χ4n) is 1.81. The van der Waals surface area contributed by atoms with Crippen LogP contribution in [0.1, 0.15) is 31.6 Å². The second-order valence-electron chi connectivity index (χ2n) is 4.12. The van der Waals surface area contributed by atoms with E-state index in [1.54, 1.807) is 0 Å². The Kier molecular flexibility index (Phi) is 7.17. The third-order valence-electron chi connectivity index (χ3n) is 2.85. The van der Waals surface area contributed by atoms with Gasteiger partial charge in [-0.05, 0) is 37.0 Å². The van der Waals surface area contributed by atoms with Gasteiger partial charge in [-0.1, -0.05) is 19.9 Å². The van der Waals surface area contributed by atoms with Gasteiger partial charge in [0.05, 0.1) is 0 Å². The van der Waals surface area contributed by atoms with Crippen molar-refractivity contribution in [2.75, 3.05) is 12.0 Å². The molecule has 0 radical (unpaired) electrons.